The number of likely N-dealkylation sites (N-methyl/N-ethyl adjacent to an activating group) is 1. The van der Waals surface area contributed by atoms with Crippen LogP contribution in [0.3, 0.4) is 0 Å². The minimum atomic E-state index is 0.737. The molecule has 2 aromatic heterocycles. The molecule has 2 nitrogen and oxygen atoms in total. The first kappa shape index (κ1) is 19.3. The van der Waals surface area contributed by atoms with Crippen LogP contribution in [0, 0.1) is 11.8 Å². The van der Waals surface area contributed by atoms with Crippen LogP contribution >= 0.6 is 22.9 Å². The highest BCUT2D eigenvalue weighted by Crippen LogP contribution is 2.34. The molecule has 2 aromatic carbocycles. The lowest BCUT2D eigenvalue weighted by Gasteiger charge is -2.11. The van der Waals surface area contributed by atoms with E-state index in [0.717, 1.165) is 53.3 Å². The fourth-order valence-electron chi connectivity index (χ4n) is 3.88. The third-order valence-electron chi connectivity index (χ3n) is 5.61. The molecule has 0 bridgehead atoms. The highest BCUT2D eigenvalue weighted by Gasteiger charge is 2.16. The van der Waals surface area contributed by atoms with E-state index >= 15 is 0 Å². The Hall–Kier alpha value is -2.64. The molecule has 0 saturated heterocycles. The zero-order valence-electron chi connectivity index (χ0n) is 16.8. The van der Waals surface area contributed by atoms with Crippen LogP contribution in [0.25, 0.3) is 21.2 Å². The molecule has 0 unspecified atom stereocenters. The third kappa shape index (κ3) is 4.00. The van der Waals surface area contributed by atoms with Crippen molar-refractivity contribution in [3.8, 4) is 23.0 Å². The number of halogens is 1. The van der Waals surface area contributed by atoms with E-state index < -0.39 is 0 Å². The minimum absolute atomic E-state index is 0.737. The van der Waals surface area contributed by atoms with Crippen molar-refractivity contribution < 1.29 is 0 Å². The van der Waals surface area contributed by atoms with E-state index in [9.17, 15) is 0 Å². The summed E-state index contributed by atoms with van der Waals surface area (Å²) in [6.07, 6.45) is 4.14. The Bertz CT molecular complexity index is 1260. The van der Waals surface area contributed by atoms with Gasteiger partial charge >= 0.3 is 0 Å². The lowest BCUT2D eigenvalue weighted by Crippen LogP contribution is -2.20. The monoisotopic (exact) mass is 428 g/mol. The number of hydrogen-bond donors (Lipinski definition) is 0. The normalized spacial score (nSPS) is 14.1. The highest BCUT2D eigenvalue weighted by molar-refractivity contribution is 7.19. The summed E-state index contributed by atoms with van der Waals surface area (Å²) in [5.74, 6) is 6.52. The molecule has 1 aliphatic heterocycles. The summed E-state index contributed by atoms with van der Waals surface area (Å²) < 4.78 is 1.38. The molecule has 0 amide bonds. The summed E-state index contributed by atoms with van der Waals surface area (Å²) >= 11 is 7.91. The third-order valence-corrected chi connectivity index (χ3v) is 7.14. The van der Waals surface area contributed by atoms with Crippen LogP contribution in [0.1, 0.15) is 21.7 Å². The van der Waals surface area contributed by atoms with Crippen molar-refractivity contribution >= 4 is 33.0 Å². The maximum absolute atomic E-state index is 5.97. The average molecular weight is 429 g/mol. The van der Waals surface area contributed by atoms with E-state index in [4.69, 9.17) is 11.6 Å². The molecule has 4 aromatic rings. The molecule has 0 aliphatic carbocycles. The van der Waals surface area contributed by atoms with Crippen molar-refractivity contribution in [3.05, 3.63) is 87.5 Å². The van der Waals surface area contributed by atoms with Crippen molar-refractivity contribution in [2.45, 2.75) is 12.8 Å². The number of aromatic nitrogens is 1. The molecule has 30 heavy (non-hydrogen) atoms. The number of hydrogen-bond acceptors (Lipinski definition) is 3. The fraction of sp³-hybridized carbons (Fsp3) is 0.192. The molecule has 0 spiro atoms. The van der Waals surface area contributed by atoms with Gasteiger partial charge in [0.25, 0.3) is 0 Å². The van der Waals surface area contributed by atoms with Crippen molar-refractivity contribution in [3.63, 3.8) is 0 Å². The maximum Gasteiger partial charge on any atom is 0.113 e. The van der Waals surface area contributed by atoms with E-state index in [1.165, 1.54) is 15.6 Å². The summed E-state index contributed by atoms with van der Waals surface area (Å²) in [4.78, 5) is 8.48. The molecular formula is C26H21ClN2S. The molecule has 0 fully saturated rings. The second-order valence-corrected chi connectivity index (χ2v) is 9.28. The Labute approximate surface area is 186 Å². The standard InChI is InChI=1S/C26H21ClN2S/c1-29-14-12-23-24-16-18(3-11-25(24)30-26(23)13-15-29)2-9-22-10-6-20(17-28-22)19-4-7-21(27)8-5-19/h3-8,10-11,16-17H,12-15H2,1H3. The van der Waals surface area contributed by atoms with Crippen LogP contribution in [-0.4, -0.2) is 30.0 Å². The summed E-state index contributed by atoms with van der Waals surface area (Å²) in [6, 6.07) is 18.4. The van der Waals surface area contributed by atoms with Crippen LogP contribution < -0.4 is 0 Å². The lowest BCUT2D eigenvalue weighted by molar-refractivity contribution is 0.353. The SMILES string of the molecule is CN1CCc2sc3ccc(C#Cc4ccc(-c5ccc(Cl)cc5)cn4)cc3c2CC1. The first-order valence-corrected chi connectivity index (χ1v) is 11.3. The number of rotatable bonds is 1. The van der Waals surface area contributed by atoms with Crippen molar-refractivity contribution in [1.82, 2.24) is 9.88 Å². The first-order chi connectivity index (χ1) is 14.7. The summed E-state index contributed by atoms with van der Waals surface area (Å²) in [7, 11) is 2.21. The molecule has 4 heteroatoms. The highest BCUT2D eigenvalue weighted by atomic mass is 35.5. The molecular weight excluding hydrogens is 408 g/mol. The predicted molar refractivity (Wildman–Crippen MR) is 127 cm³/mol. The van der Waals surface area contributed by atoms with E-state index in [2.05, 4.69) is 53.0 Å². The first-order valence-electron chi connectivity index (χ1n) is 10.1. The quantitative estimate of drug-likeness (QED) is 0.343. The predicted octanol–water partition coefficient (Wildman–Crippen LogP) is 6.05. The van der Waals surface area contributed by atoms with E-state index in [0.29, 0.717) is 0 Å². The molecule has 5 rings (SSSR count). The Morgan fingerprint density at radius 2 is 1.73 bits per heavy atom. The van der Waals surface area contributed by atoms with Crippen LogP contribution in [0.5, 0.6) is 0 Å². The van der Waals surface area contributed by atoms with Crippen LogP contribution in [0.2, 0.25) is 5.02 Å². The Morgan fingerprint density at radius 1 is 0.933 bits per heavy atom. The van der Waals surface area contributed by atoms with Crippen LogP contribution in [0.4, 0.5) is 0 Å². The average Bonchev–Trinajstić information content (AvgIpc) is 3.01. The summed E-state index contributed by atoms with van der Waals surface area (Å²) in [6.45, 7) is 2.27. The number of benzene rings is 2. The van der Waals surface area contributed by atoms with Crippen LogP contribution in [0.15, 0.2) is 60.8 Å². The van der Waals surface area contributed by atoms with Gasteiger partial charge in [-0.25, -0.2) is 4.98 Å². The molecule has 1 aliphatic rings. The van der Waals surface area contributed by atoms with E-state index in [1.54, 1.807) is 4.88 Å². The second kappa shape index (κ2) is 8.24. The number of pyridine rings is 1. The van der Waals surface area contributed by atoms with Crippen molar-refractivity contribution in [2.75, 3.05) is 20.1 Å². The van der Waals surface area contributed by atoms with E-state index in [-0.39, 0.29) is 0 Å². The molecule has 0 saturated carbocycles. The molecule has 0 N–H and O–H groups in total. The topological polar surface area (TPSA) is 16.1 Å². The zero-order chi connectivity index (χ0) is 20.5. The van der Waals surface area contributed by atoms with E-state index in [1.807, 2.05) is 47.9 Å². The number of thiophene rings is 1. The van der Waals surface area contributed by atoms with Gasteiger partial charge in [-0.1, -0.05) is 35.7 Å². The van der Waals surface area contributed by atoms with Gasteiger partial charge in [-0.2, -0.15) is 0 Å². The van der Waals surface area contributed by atoms with Gasteiger partial charge in [-0.05, 0) is 78.7 Å². The molecule has 3 heterocycles. The summed E-state index contributed by atoms with van der Waals surface area (Å²) in [5.41, 5.74) is 5.50. The van der Waals surface area contributed by atoms with Crippen molar-refractivity contribution in [2.24, 2.45) is 0 Å². The molecule has 0 atom stereocenters. The van der Waals surface area contributed by atoms with Crippen molar-refractivity contribution in [1.29, 1.82) is 0 Å². The van der Waals surface area contributed by atoms with Gasteiger partial charge < -0.3 is 4.90 Å². The molecule has 148 valence electrons. The fourth-order valence-corrected chi connectivity index (χ4v) is 5.23. The van der Waals surface area contributed by atoms with Gasteiger partial charge in [0.05, 0.1) is 0 Å². The Kier molecular flexibility index (Phi) is 5.31. The minimum Gasteiger partial charge on any atom is -0.306 e. The zero-order valence-corrected chi connectivity index (χ0v) is 18.4. The van der Waals surface area contributed by atoms with Gasteiger partial charge in [0, 0.05) is 45.0 Å². The summed E-state index contributed by atoms with van der Waals surface area (Å²) in [5, 5.41) is 2.11. The number of nitrogens with zero attached hydrogens (tertiary/aromatic N) is 2. The van der Waals surface area contributed by atoms with Gasteiger partial charge in [0.15, 0.2) is 0 Å². The Balaban J connectivity index is 1.40. The maximum atomic E-state index is 5.97. The molecule has 0 radical (unpaired) electrons. The number of fused-ring (bicyclic) bond motifs is 3. The lowest BCUT2D eigenvalue weighted by atomic mass is 10.0. The van der Waals surface area contributed by atoms with Crippen LogP contribution in [-0.2, 0) is 12.8 Å². The largest absolute Gasteiger partial charge is 0.306 e. The second-order valence-electron chi connectivity index (χ2n) is 7.71. The van der Waals surface area contributed by atoms with Gasteiger partial charge in [0.1, 0.15) is 5.69 Å². The smallest absolute Gasteiger partial charge is 0.113 e. The Morgan fingerprint density at radius 3 is 2.53 bits per heavy atom. The van der Waals surface area contributed by atoms with Gasteiger partial charge in [0.2, 0.25) is 0 Å². The van der Waals surface area contributed by atoms with Gasteiger partial charge in [-0.15, -0.1) is 11.3 Å². The van der Waals surface area contributed by atoms with Gasteiger partial charge in [-0.3, -0.25) is 0 Å².